The number of hydrogen-bond donors (Lipinski definition) is 2. The second kappa shape index (κ2) is 6.79. The van der Waals surface area contributed by atoms with E-state index in [4.69, 9.17) is 10.5 Å². The Hall–Kier alpha value is -0.610. The van der Waals surface area contributed by atoms with E-state index in [9.17, 15) is 4.79 Å². The fourth-order valence-electron chi connectivity index (χ4n) is 0.762. The highest BCUT2D eigenvalue weighted by atomic mass is 16.5. The highest BCUT2D eigenvalue weighted by Crippen LogP contribution is 2.17. The molecule has 4 nitrogen and oxygen atoms in total. The summed E-state index contributed by atoms with van der Waals surface area (Å²) in [5.74, 6) is -0.0695. The molecule has 14 heavy (non-hydrogen) atoms. The number of carbonyl (C=O) groups excluding carboxylic acids is 1. The van der Waals surface area contributed by atoms with Crippen LogP contribution in [0.2, 0.25) is 0 Å². The number of rotatable bonds is 7. The van der Waals surface area contributed by atoms with E-state index in [1.807, 2.05) is 0 Å². The van der Waals surface area contributed by atoms with Crippen molar-refractivity contribution in [2.75, 3.05) is 26.3 Å². The van der Waals surface area contributed by atoms with Crippen molar-refractivity contribution in [3.63, 3.8) is 0 Å². The van der Waals surface area contributed by atoms with E-state index in [1.54, 1.807) is 0 Å². The van der Waals surface area contributed by atoms with Gasteiger partial charge in [-0.25, -0.2) is 0 Å². The van der Waals surface area contributed by atoms with Crippen LogP contribution in [-0.4, -0.2) is 32.2 Å². The Morgan fingerprint density at radius 2 is 2.14 bits per heavy atom. The van der Waals surface area contributed by atoms with Crippen LogP contribution in [0.3, 0.4) is 0 Å². The quantitative estimate of drug-likeness (QED) is 0.591. The predicted molar refractivity (Wildman–Crippen MR) is 57.0 cm³/mol. The minimum absolute atomic E-state index is 0.0695. The first-order valence-electron chi connectivity index (χ1n) is 5.06. The first kappa shape index (κ1) is 13.4. The maximum Gasteiger partial charge on any atom is 0.246 e. The van der Waals surface area contributed by atoms with Crippen molar-refractivity contribution in [2.24, 2.45) is 11.1 Å². The highest BCUT2D eigenvalue weighted by molar-refractivity contribution is 5.77. The lowest BCUT2D eigenvalue weighted by molar-refractivity contribution is -0.126. The Bertz CT molecular complexity index is 170. The second-order valence-electron chi connectivity index (χ2n) is 4.14. The summed E-state index contributed by atoms with van der Waals surface area (Å²) in [7, 11) is 0. The zero-order valence-corrected chi connectivity index (χ0v) is 9.43. The molecule has 0 heterocycles. The maximum absolute atomic E-state index is 11.2. The number of ether oxygens (including phenoxy) is 1. The van der Waals surface area contributed by atoms with Crippen molar-refractivity contribution in [3.8, 4) is 0 Å². The molecule has 0 aliphatic heterocycles. The zero-order chi connectivity index (χ0) is 11.0. The van der Waals surface area contributed by atoms with Gasteiger partial charge in [-0.05, 0) is 11.8 Å². The van der Waals surface area contributed by atoms with E-state index in [1.165, 1.54) is 0 Å². The van der Waals surface area contributed by atoms with Crippen LogP contribution in [0, 0.1) is 5.41 Å². The van der Waals surface area contributed by atoms with E-state index >= 15 is 0 Å². The van der Waals surface area contributed by atoms with Crippen LogP contribution in [0.25, 0.3) is 0 Å². The average Bonchev–Trinajstić information content (AvgIpc) is 2.16. The van der Waals surface area contributed by atoms with Gasteiger partial charge >= 0.3 is 0 Å². The first-order chi connectivity index (χ1) is 6.52. The molecule has 0 saturated carbocycles. The maximum atomic E-state index is 11.2. The molecule has 0 aromatic carbocycles. The van der Waals surface area contributed by atoms with Gasteiger partial charge in [-0.2, -0.15) is 0 Å². The summed E-state index contributed by atoms with van der Waals surface area (Å²) in [5, 5.41) is 2.83. The summed E-state index contributed by atoms with van der Waals surface area (Å²) in [4.78, 5) is 11.2. The predicted octanol–water partition coefficient (Wildman–Crippen LogP) is 0.514. The molecule has 0 aromatic heterocycles. The van der Waals surface area contributed by atoms with Gasteiger partial charge in [0.1, 0.15) is 6.61 Å². The molecule has 1 amide bonds. The molecule has 0 unspecified atom stereocenters. The third-order valence-corrected chi connectivity index (χ3v) is 2.22. The monoisotopic (exact) mass is 202 g/mol. The van der Waals surface area contributed by atoms with Gasteiger partial charge in [-0.1, -0.05) is 20.8 Å². The Balaban J connectivity index is 3.53. The Morgan fingerprint density at radius 1 is 1.50 bits per heavy atom. The van der Waals surface area contributed by atoms with E-state index in [0.29, 0.717) is 19.7 Å². The largest absolute Gasteiger partial charge is 0.370 e. The second-order valence-corrected chi connectivity index (χ2v) is 4.14. The van der Waals surface area contributed by atoms with Gasteiger partial charge < -0.3 is 15.8 Å². The van der Waals surface area contributed by atoms with Crippen molar-refractivity contribution in [2.45, 2.75) is 27.2 Å². The van der Waals surface area contributed by atoms with Crippen molar-refractivity contribution in [1.29, 1.82) is 0 Å². The van der Waals surface area contributed by atoms with E-state index in [0.717, 1.165) is 6.42 Å². The lowest BCUT2D eigenvalue weighted by Gasteiger charge is -2.22. The molecular formula is C10H22N2O2. The Labute approximate surface area is 86.2 Å². The summed E-state index contributed by atoms with van der Waals surface area (Å²) in [5.41, 5.74) is 5.38. The van der Waals surface area contributed by atoms with Crippen LogP contribution in [0.5, 0.6) is 0 Å². The van der Waals surface area contributed by atoms with Crippen LogP contribution in [0.1, 0.15) is 27.2 Å². The molecule has 0 saturated heterocycles. The van der Waals surface area contributed by atoms with Crippen LogP contribution in [0.15, 0.2) is 0 Å². The van der Waals surface area contributed by atoms with E-state index < -0.39 is 0 Å². The SMILES string of the molecule is CCC(C)(C)CNC(=O)COCCN. The van der Waals surface area contributed by atoms with Crippen LogP contribution < -0.4 is 11.1 Å². The fourth-order valence-corrected chi connectivity index (χ4v) is 0.762. The molecule has 0 aliphatic carbocycles. The molecule has 0 fully saturated rings. The molecule has 0 radical (unpaired) electrons. The smallest absolute Gasteiger partial charge is 0.246 e. The van der Waals surface area contributed by atoms with Crippen LogP contribution in [-0.2, 0) is 9.53 Å². The molecule has 0 rings (SSSR count). The lowest BCUT2D eigenvalue weighted by atomic mass is 9.90. The van der Waals surface area contributed by atoms with Gasteiger partial charge in [-0.15, -0.1) is 0 Å². The molecule has 84 valence electrons. The van der Waals surface area contributed by atoms with Gasteiger partial charge in [-0.3, -0.25) is 4.79 Å². The third-order valence-electron chi connectivity index (χ3n) is 2.22. The van der Waals surface area contributed by atoms with Crippen molar-refractivity contribution in [1.82, 2.24) is 5.32 Å². The molecule has 0 aromatic rings. The van der Waals surface area contributed by atoms with Crippen molar-refractivity contribution in [3.05, 3.63) is 0 Å². The molecule has 3 N–H and O–H groups in total. The van der Waals surface area contributed by atoms with Crippen LogP contribution >= 0.6 is 0 Å². The summed E-state index contributed by atoms with van der Waals surface area (Å²) >= 11 is 0. The third kappa shape index (κ3) is 6.86. The molecule has 0 aliphatic rings. The molecule has 4 heteroatoms. The molecule has 0 spiro atoms. The van der Waals surface area contributed by atoms with Gasteiger partial charge in [0, 0.05) is 13.1 Å². The minimum atomic E-state index is -0.0695. The highest BCUT2D eigenvalue weighted by Gasteiger charge is 2.15. The minimum Gasteiger partial charge on any atom is -0.370 e. The van der Waals surface area contributed by atoms with Crippen molar-refractivity contribution >= 4 is 5.91 Å². The number of nitrogens with one attached hydrogen (secondary N) is 1. The zero-order valence-electron chi connectivity index (χ0n) is 9.43. The Morgan fingerprint density at radius 3 is 2.64 bits per heavy atom. The fraction of sp³-hybridized carbons (Fsp3) is 0.900. The number of amides is 1. The first-order valence-corrected chi connectivity index (χ1v) is 5.06. The van der Waals surface area contributed by atoms with Gasteiger partial charge in [0.2, 0.25) is 5.91 Å². The lowest BCUT2D eigenvalue weighted by Crippen LogP contribution is -2.36. The summed E-state index contributed by atoms with van der Waals surface area (Å²) < 4.78 is 5.01. The van der Waals surface area contributed by atoms with E-state index in [2.05, 4.69) is 26.1 Å². The summed E-state index contributed by atoms with van der Waals surface area (Å²) in [6.07, 6.45) is 1.04. The summed E-state index contributed by atoms with van der Waals surface area (Å²) in [6.45, 7) is 8.03. The number of nitrogens with two attached hydrogens (primary N) is 1. The molecule has 0 atom stereocenters. The van der Waals surface area contributed by atoms with E-state index in [-0.39, 0.29) is 17.9 Å². The molecule has 0 bridgehead atoms. The summed E-state index contributed by atoms with van der Waals surface area (Å²) in [6, 6.07) is 0. The Kier molecular flexibility index (Phi) is 6.49. The topological polar surface area (TPSA) is 64.3 Å². The average molecular weight is 202 g/mol. The van der Waals surface area contributed by atoms with Gasteiger partial charge in [0.05, 0.1) is 6.61 Å². The van der Waals surface area contributed by atoms with Crippen LogP contribution in [0.4, 0.5) is 0 Å². The van der Waals surface area contributed by atoms with Gasteiger partial charge in [0.25, 0.3) is 0 Å². The van der Waals surface area contributed by atoms with Gasteiger partial charge in [0.15, 0.2) is 0 Å². The number of carbonyl (C=O) groups is 1. The molecular weight excluding hydrogens is 180 g/mol. The number of hydrogen-bond acceptors (Lipinski definition) is 3. The normalized spacial score (nSPS) is 11.4. The standard InChI is InChI=1S/C10H22N2O2/c1-4-10(2,3)8-12-9(13)7-14-6-5-11/h4-8,11H2,1-3H3,(H,12,13). The van der Waals surface area contributed by atoms with Crippen molar-refractivity contribution < 1.29 is 9.53 Å².